The minimum absolute atomic E-state index is 0.485. The van der Waals surface area contributed by atoms with Crippen LogP contribution in [0, 0.1) is 5.92 Å². The molecule has 2 unspecified atom stereocenters. The van der Waals surface area contributed by atoms with Crippen LogP contribution in [0.15, 0.2) is 24.3 Å². The van der Waals surface area contributed by atoms with Crippen LogP contribution in [-0.4, -0.2) is 32.1 Å². The molecule has 1 aliphatic rings. The highest BCUT2D eigenvalue weighted by Crippen LogP contribution is 2.34. The van der Waals surface area contributed by atoms with Crippen LogP contribution in [0.1, 0.15) is 30.9 Å². The van der Waals surface area contributed by atoms with Crippen molar-refractivity contribution < 1.29 is 0 Å². The molecule has 1 aromatic carbocycles. The molecule has 0 aliphatic carbocycles. The van der Waals surface area contributed by atoms with E-state index in [1.165, 1.54) is 31.4 Å². The molecular formula is C15H23ClN2. The molecule has 0 aromatic heterocycles. The van der Waals surface area contributed by atoms with Crippen LogP contribution < -0.4 is 5.32 Å². The Morgan fingerprint density at radius 2 is 2.22 bits per heavy atom. The summed E-state index contributed by atoms with van der Waals surface area (Å²) in [4.78, 5) is 2.49. The lowest BCUT2D eigenvalue weighted by atomic mass is 9.89. The number of benzene rings is 1. The van der Waals surface area contributed by atoms with Crippen molar-refractivity contribution in [2.45, 2.75) is 25.3 Å². The first-order valence-electron chi connectivity index (χ1n) is 6.82. The van der Waals surface area contributed by atoms with Crippen LogP contribution in [0.2, 0.25) is 5.02 Å². The van der Waals surface area contributed by atoms with Gasteiger partial charge in [-0.2, -0.15) is 0 Å². The summed E-state index contributed by atoms with van der Waals surface area (Å²) in [7, 11) is 4.28. The van der Waals surface area contributed by atoms with Crippen molar-refractivity contribution >= 4 is 11.6 Å². The summed E-state index contributed by atoms with van der Waals surface area (Å²) in [6.07, 6.45) is 3.92. The lowest BCUT2D eigenvalue weighted by molar-refractivity contribution is 0.191. The SMILES string of the molecule is CNCC1CCCCN(C)C1c1cccc(Cl)c1. The highest BCUT2D eigenvalue weighted by molar-refractivity contribution is 6.30. The second-order valence-electron chi connectivity index (χ2n) is 5.29. The molecule has 1 fully saturated rings. The first kappa shape index (κ1) is 13.9. The summed E-state index contributed by atoms with van der Waals surface area (Å²) in [5.74, 6) is 0.668. The Kier molecular flexibility index (Phi) is 5.04. The third kappa shape index (κ3) is 3.25. The number of nitrogens with one attached hydrogen (secondary N) is 1. The van der Waals surface area contributed by atoms with Crippen LogP contribution in [-0.2, 0) is 0 Å². The highest BCUT2D eigenvalue weighted by atomic mass is 35.5. The first-order chi connectivity index (χ1) is 8.72. The van der Waals surface area contributed by atoms with Crippen LogP contribution in [0.4, 0.5) is 0 Å². The topological polar surface area (TPSA) is 15.3 Å². The molecule has 2 atom stereocenters. The lowest BCUT2D eigenvalue weighted by Crippen LogP contribution is -2.33. The average molecular weight is 267 g/mol. The van der Waals surface area contributed by atoms with Gasteiger partial charge in [-0.1, -0.05) is 30.2 Å². The van der Waals surface area contributed by atoms with Crippen LogP contribution in [0.25, 0.3) is 0 Å². The van der Waals surface area contributed by atoms with Crippen molar-refractivity contribution in [3.05, 3.63) is 34.9 Å². The molecule has 0 saturated carbocycles. The smallest absolute Gasteiger partial charge is 0.0409 e. The molecule has 3 heteroatoms. The van der Waals surface area contributed by atoms with Crippen molar-refractivity contribution in [3.8, 4) is 0 Å². The molecule has 0 bridgehead atoms. The van der Waals surface area contributed by atoms with Gasteiger partial charge in [0.2, 0.25) is 0 Å². The van der Waals surface area contributed by atoms with E-state index in [2.05, 4.69) is 35.5 Å². The Balaban J connectivity index is 2.28. The minimum atomic E-state index is 0.485. The van der Waals surface area contributed by atoms with E-state index in [0.29, 0.717) is 12.0 Å². The van der Waals surface area contributed by atoms with Crippen molar-refractivity contribution in [1.82, 2.24) is 10.2 Å². The predicted molar refractivity (Wildman–Crippen MR) is 78.1 cm³/mol. The summed E-state index contributed by atoms with van der Waals surface area (Å²) < 4.78 is 0. The predicted octanol–water partition coefficient (Wildman–Crippen LogP) is 3.33. The molecular weight excluding hydrogens is 244 g/mol. The van der Waals surface area contributed by atoms with Gasteiger partial charge >= 0.3 is 0 Å². The molecule has 2 nitrogen and oxygen atoms in total. The van der Waals surface area contributed by atoms with E-state index < -0.39 is 0 Å². The zero-order chi connectivity index (χ0) is 13.0. The van der Waals surface area contributed by atoms with Gasteiger partial charge in [-0.25, -0.2) is 0 Å². The van der Waals surface area contributed by atoms with Gasteiger partial charge in [-0.15, -0.1) is 0 Å². The second kappa shape index (κ2) is 6.55. The van der Waals surface area contributed by atoms with Crippen molar-refractivity contribution in [2.75, 3.05) is 27.2 Å². The molecule has 1 saturated heterocycles. The van der Waals surface area contributed by atoms with E-state index in [4.69, 9.17) is 11.6 Å². The van der Waals surface area contributed by atoms with Gasteiger partial charge in [0.05, 0.1) is 0 Å². The summed E-state index contributed by atoms with van der Waals surface area (Å²) in [5, 5.41) is 4.18. The van der Waals surface area contributed by atoms with Crippen molar-refractivity contribution in [2.24, 2.45) is 5.92 Å². The zero-order valence-electron chi connectivity index (χ0n) is 11.3. The molecule has 0 radical (unpaired) electrons. The number of hydrogen-bond acceptors (Lipinski definition) is 2. The molecule has 18 heavy (non-hydrogen) atoms. The summed E-state index contributed by atoms with van der Waals surface area (Å²) in [6.45, 7) is 2.25. The van der Waals surface area contributed by atoms with Gasteiger partial charge in [0.1, 0.15) is 0 Å². The fourth-order valence-electron chi connectivity index (χ4n) is 3.12. The number of nitrogens with zero attached hydrogens (tertiary/aromatic N) is 1. The number of hydrogen-bond donors (Lipinski definition) is 1. The third-order valence-corrected chi connectivity index (χ3v) is 4.15. The van der Waals surface area contributed by atoms with E-state index in [0.717, 1.165) is 11.6 Å². The second-order valence-corrected chi connectivity index (χ2v) is 5.73. The van der Waals surface area contributed by atoms with Crippen LogP contribution >= 0.6 is 11.6 Å². The maximum atomic E-state index is 6.14. The molecule has 1 aliphatic heterocycles. The van der Waals surface area contributed by atoms with Gasteiger partial charge in [0, 0.05) is 11.1 Å². The number of likely N-dealkylation sites (tertiary alicyclic amines) is 1. The Labute approximate surface area is 115 Å². The monoisotopic (exact) mass is 266 g/mol. The fraction of sp³-hybridized carbons (Fsp3) is 0.600. The standard InChI is InChI=1S/C15H23ClN2/c1-17-11-13-6-3-4-9-18(2)15(13)12-7-5-8-14(16)10-12/h5,7-8,10,13,15,17H,3-4,6,9,11H2,1-2H3. The third-order valence-electron chi connectivity index (χ3n) is 3.91. The van der Waals surface area contributed by atoms with Gasteiger partial charge in [-0.05, 0) is 63.6 Å². The van der Waals surface area contributed by atoms with E-state index >= 15 is 0 Å². The van der Waals surface area contributed by atoms with Crippen molar-refractivity contribution in [1.29, 1.82) is 0 Å². The van der Waals surface area contributed by atoms with E-state index in [9.17, 15) is 0 Å². The fourth-order valence-corrected chi connectivity index (χ4v) is 3.32. The summed E-state index contributed by atoms with van der Waals surface area (Å²) >= 11 is 6.14. The number of rotatable bonds is 3. The Hall–Kier alpha value is -0.570. The molecule has 100 valence electrons. The van der Waals surface area contributed by atoms with E-state index in [-0.39, 0.29) is 0 Å². The Bertz CT molecular complexity index is 381. The Morgan fingerprint density at radius 1 is 1.39 bits per heavy atom. The normalized spacial score (nSPS) is 25.9. The summed E-state index contributed by atoms with van der Waals surface area (Å²) in [6, 6.07) is 8.83. The minimum Gasteiger partial charge on any atom is -0.319 e. The van der Waals surface area contributed by atoms with Crippen molar-refractivity contribution in [3.63, 3.8) is 0 Å². The maximum Gasteiger partial charge on any atom is 0.0409 e. The molecule has 1 aromatic rings. The molecule has 1 N–H and O–H groups in total. The van der Waals surface area contributed by atoms with Crippen LogP contribution in [0.3, 0.4) is 0 Å². The lowest BCUT2D eigenvalue weighted by Gasteiger charge is -2.33. The molecule has 1 heterocycles. The Morgan fingerprint density at radius 3 is 2.94 bits per heavy atom. The zero-order valence-corrected chi connectivity index (χ0v) is 12.1. The van der Waals surface area contributed by atoms with E-state index in [1.54, 1.807) is 0 Å². The molecule has 0 amide bonds. The summed E-state index contributed by atoms with van der Waals surface area (Å²) in [5.41, 5.74) is 1.35. The van der Waals surface area contributed by atoms with Crippen LogP contribution in [0.5, 0.6) is 0 Å². The molecule has 2 rings (SSSR count). The van der Waals surface area contributed by atoms with Gasteiger partial charge in [-0.3, -0.25) is 4.90 Å². The average Bonchev–Trinajstić information content (AvgIpc) is 2.52. The quantitative estimate of drug-likeness (QED) is 0.903. The van der Waals surface area contributed by atoms with Gasteiger partial charge in [0.25, 0.3) is 0 Å². The first-order valence-corrected chi connectivity index (χ1v) is 7.20. The van der Waals surface area contributed by atoms with E-state index in [1.807, 2.05) is 13.1 Å². The highest BCUT2D eigenvalue weighted by Gasteiger charge is 2.28. The maximum absolute atomic E-state index is 6.14. The number of halogens is 1. The van der Waals surface area contributed by atoms with Gasteiger partial charge in [0.15, 0.2) is 0 Å². The molecule has 0 spiro atoms. The largest absolute Gasteiger partial charge is 0.319 e. The van der Waals surface area contributed by atoms with Gasteiger partial charge < -0.3 is 5.32 Å².